The van der Waals surface area contributed by atoms with Crippen molar-refractivity contribution < 1.29 is 8.42 Å². The molecule has 2 fully saturated rings. The second-order valence-corrected chi connectivity index (χ2v) is 7.76. The summed E-state index contributed by atoms with van der Waals surface area (Å²) in [4.78, 5) is 2.22. The van der Waals surface area contributed by atoms with Gasteiger partial charge in [0.1, 0.15) is 0 Å². The Hall–Kier alpha value is -0.130. The normalized spacial score (nSPS) is 31.6. The standard InChI is InChI=1S/C11H22N2O2S/c1-13(9-11(8-12)4-2-5-11)10-3-6-16(14,15)7-10/h10H,2-9,12H2,1H3. The molecule has 1 aliphatic carbocycles. The summed E-state index contributed by atoms with van der Waals surface area (Å²) in [6.07, 6.45) is 4.47. The van der Waals surface area contributed by atoms with Crippen LogP contribution in [0.5, 0.6) is 0 Å². The number of nitrogens with zero attached hydrogens (tertiary/aromatic N) is 1. The molecule has 0 bridgehead atoms. The second kappa shape index (κ2) is 4.27. The van der Waals surface area contributed by atoms with Crippen LogP contribution in [0.25, 0.3) is 0 Å². The first-order valence-corrected chi connectivity index (χ1v) is 7.89. The Morgan fingerprint density at radius 3 is 2.50 bits per heavy atom. The fraction of sp³-hybridized carbons (Fsp3) is 1.00. The highest BCUT2D eigenvalue weighted by Gasteiger charge is 2.39. The lowest BCUT2D eigenvalue weighted by molar-refractivity contribution is 0.0719. The van der Waals surface area contributed by atoms with Crippen LogP contribution < -0.4 is 5.73 Å². The van der Waals surface area contributed by atoms with Crippen molar-refractivity contribution in [2.75, 3.05) is 31.6 Å². The summed E-state index contributed by atoms with van der Waals surface area (Å²) in [5.41, 5.74) is 6.10. The van der Waals surface area contributed by atoms with E-state index in [1.165, 1.54) is 19.3 Å². The molecular formula is C11H22N2O2S. The molecule has 2 rings (SSSR count). The van der Waals surface area contributed by atoms with Gasteiger partial charge in [-0.2, -0.15) is 0 Å². The maximum Gasteiger partial charge on any atom is 0.151 e. The molecule has 1 saturated heterocycles. The van der Waals surface area contributed by atoms with E-state index in [4.69, 9.17) is 5.73 Å². The van der Waals surface area contributed by atoms with E-state index in [0.717, 1.165) is 19.5 Å². The summed E-state index contributed by atoms with van der Waals surface area (Å²) in [5, 5.41) is 0. The van der Waals surface area contributed by atoms with E-state index in [2.05, 4.69) is 4.90 Å². The number of hydrogen-bond donors (Lipinski definition) is 1. The molecule has 94 valence electrons. The zero-order valence-electron chi connectivity index (χ0n) is 9.98. The van der Waals surface area contributed by atoms with Gasteiger partial charge in [0, 0.05) is 12.6 Å². The zero-order valence-corrected chi connectivity index (χ0v) is 10.8. The zero-order chi connectivity index (χ0) is 11.8. The molecule has 4 nitrogen and oxygen atoms in total. The van der Waals surface area contributed by atoms with Crippen LogP contribution in [0.2, 0.25) is 0 Å². The largest absolute Gasteiger partial charge is 0.330 e. The van der Waals surface area contributed by atoms with Crippen molar-refractivity contribution in [1.29, 1.82) is 0 Å². The van der Waals surface area contributed by atoms with Gasteiger partial charge in [-0.25, -0.2) is 8.42 Å². The minimum Gasteiger partial charge on any atom is -0.330 e. The third-order valence-corrected chi connectivity index (χ3v) is 6.01. The lowest BCUT2D eigenvalue weighted by Crippen LogP contribution is -2.48. The first-order chi connectivity index (χ1) is 7.46. The first-order valence-electron chi connectivity index (χ1n) is 6.07. The summed E-state index contributed by atoms with van der Waals surface area (Å²) in [6, 6.07) is 0.217. The molecule has 2 aliphatic rings. The second-order valence-electron chi connectivity index (χ2n) is 5.53. The molecule has 0 radical (unpaired) electrons. The molecule has 5 heteroatoms. The average molecular weight is 246 g/mol. The van der Waals surface area contributed by atoms with Crippen LogP contribution in [-0.2, 0) is 9.84 Å². The summed E-state index contributed by atoms with van der Waals surface area (Å²) in [6.45, 7) is 1.69. The van der Waals surface area contributed by atoms with E-state index >= 15 is 0 Å². The molecule has 2 N–H and O–H groups in total. The van der Waals surface area contributed by atoms with E-state index in [1.807, 2.05) is 7.05 Å². The third-order valence-electron chi connectivity index (χ3n) is 4.26. The van der Waals surface area contributed by atoms with Crippen LogP contribution in [-0.4, -0.2) is 51.0 Å². The highest BCUT2D eigenvalue weighted by atomic mass is 32.2. The Balaban J connectivity index is 1.91. The van der Waals surface area contributed by atoms with Gasteiger partial charge in [-0.15, -0.1) is 0 Å². The Morgan fingerprint density at radius 1 is 1.44 bits per heavy atom. The number of sulfone groups is 1. The van der Waals surface area contributed by atoms with Crippen molar-refractivity contribution in [3.63, 3.8) is 0 Å². The van der Waals surface area contributed by atoms with Gasteiger partial charge in [0.2, 0.25) is 0 Å². The molecule has 1 heterocycles. The van der Waals surface area contributed by atoms with E-state index in [1.54, 1.807) is 0 Å². The average Bonchev–Trinajstić information content (AvgIpc) is 2.52. The minimum atomic E-state index is -2.76. The number of hydrogen-bond acceptors (Lipinski definition) is 4. The van der Waals surface area contributed by atoms with E-state index in [0.29, 0.717) is 11.5 Å². The van der Waals surface area contributed by atoms with Crippen LogP contribution in [0.3, 0.4) is 0 Å². The minimum absolute atomic E-state index is 0.217. The highest BCUT2D eigenvalue weighted by molar-refractivity contribution is 7.91. The van der Waals surface area contributed by atoms with Gasteiger partial charge in [0.25, 0.3) is 0 Å². The molecule has 0 spiro atoms. The molecule has 0 amide bonds. The van der Waals surface area contributed by atoms with Gasteiger partial charge in [0.15, 0.2) is 9.84 Å². The summed E-state index contributed by atoms with van der Waals surface area (Å²) >= 11 is 0. The Labute approximate surface area is 98.1 Å². The van der Waals surface area contributed by atoms with E-state index in [9.17, 15) is 8.42 Å². The summed E-state index contributed by atoms with van der Waals surface area (Å²) in [5.74, 6) is 0.696. The van der Waals surface area contributed by atoms with Crippen molar-refractivity contribution in [2.24, 2.45) is 11.1 Å². The Morgan fingerprint density at radius 2 is 2.12 bits per heavy atom. The lowest BCUT2D eigenvalue weighted by Gasteiger charge is -2.44. The predicted molar refractivity (Wildman–Crippen MR) is 65.0 cm³/mol. The molecule has 1 saturated carbocycles. The van der Waals surface area contributed by atoms with Crippen molar-refractivity contribution in [1.82, 2.24) is 4.90 Å². The smallest absolute Gasteiger partial charge is 0.151 e. The summed E-state index contributed by atoms with van der Waals surface area (Å²) < 4.78 is 22.8. The van der Waals surface area contributed by atoms with Crippen LogP contribution in [0.4, 0.5) is 0 Å². The fourth-order valence-corrected chi connectivity index (χ4v) is 4.69. The molecule has 16 heavy (non-hydrogen) atoms. The molecule has 0 aromatic carbocycles. The van der Waals surface area contributed by atoms with Crippen LogP contribution in [0.1, 0.15) is 25.7 Å². The summed E-state index contributed by atoms with van der Waals surface area (Å²) in [7, 11) is -0.722. The van der Waals surface area contributed by atoms with Crippen molar-refractivity contribution in [3.8, 4) is 0 Å². The predicted octanol–water partition coefficient (Wildman–Crippen LogP) is 0.234. The molecule has 1 aliphatic heterocycles. The molecule has 0 aromatic heterocycles. The Kier molecular flexibility index (Phi) is 3.29. The van der Waals surface area contributed by atoms with Gasteiger partial charge < -0.3 is 10.6 Å². The van der Waals surface area contributed by atoms with Crippen LogP contribution in [0, 0.1) is 5.41 Å². The SMILES string of the molecule is CN(CC1(CN)CCC1)C1CCS(=O)(=O)C1. The number of rotatable bonds is 4. The van der Waals surface area contributed by atoms with Crippen molar-refractivity contribution >= 4 is 9.84 Å². The quantitative estimate of drug-likeness (QED) is 0.771. The number of nitrogens with two attached hydrogens (primary N) is 1. The van der Waals surface area contributed by atoms with Gasteiger partial charge in [-0.3, -0.25) is 0 Å². The third kappa shape index (κ3) is 2.41. The van der Waals surface area contributed by atoms with E-state index < -0.39 is 9.84 Å². The van der Waals surface area contributed by atoms with Gasteiger partial charge in [-0.1, -0.05) is 6.42 Å². The van der Waals surface area contributed by atoms with Crippen molar-refractivity contribution in [3.05, 3.63) is 0 Å². The molecular weight excluding hydrogens is 224 g/mol. The monoisotopic (exact) mass is 246 g/mol. The molecule has 1 atom stereocenters. The molecule has 0 aromatic rings. The Bertz CT molecular complexity index is 343. The molecule has 1 unspecified atom stereocenters. The van der Waals surface area contributed by atoms with Gasteiger partial charge in [0.05, 0.1) is 11.5 Å². The van der Waals surface area contributed by atoms with Gasteiger partial charge in [-0.05, 0) is 38.3 Å². The van der Waals surface area contributed by atoms with Crippen LogP contribution >= 0.6 is 0 Å². The van der Waals surface area contributed by atoms with E-state index in [-0.39, 0.29) is 11.5 Å². The topological polar surface area (TPSA) is 63.4 Å². The van der Waals surface area contributed by atoms with Gasteiger partial charge >= 0.3 is 0 Å². The first kappa shape index (κ1) is 12.3. The maximum atomic E-state index is 11.4. The van der Waals surface area contributed by atoms with Crippen molar-refractivity contribution in [2.45, 2.75) is 31.7 Å². The van der Waals surface area contributed by atoms with Crippen LogP contribution in [0.15, 0.2) is 0 Å². The lowest BCUT2D eigenvalue weighted by atomic mass is 9.68. The fourth-order valence-electron chi connectivity index (χ4n) is 2.88. The highest BCUT2D eigenvalue weighted by Crippen LogP contribution is 2.40. The maximum absolute atomic E-state index is 11.4.